The molecular formula is C14H16N2O2. The fraction of sp³-hybridized carbons (Fsp3) is 0.286. The summed E-state index contributed by atoms with van der Waals surface area (Å²) in [5.41, 5.74) is 9.19. The number of hydrogen-bond donors (Lipinski definition) is 1. The first-order valence-corrected chi connectivity index (χ1v) is 5.80. The van der Waals surface area contributed by atoms with Crippen LogP contribution in [0.4, 0.5) is 5.69 Å². The molecule has 4 heteroatoms. The Morgan fingerprint density at radius 1 is 1.28 bits per heavy atom. The van der Waals surface area contributed by atoms with Crippen LogP contribution in [0, 0.1) is 13.8 Å². The average Bonchev–Trinajstić information content (AvgIpc) is 2.60. The van der Waals surface area contributed by atoms with Crippen molar-refractivity contribution in [1.29, 1.82) is 0 Å². The average molecular weight is 244 g/mol. The highest BCUT2D eigenvalue weighted by Crippen LogP contribution is 2.34. The van der Waals surface area contributed by atoms with Crippen LogP contribution in [-0.4, -0.2) is 24.8 Å². The monoisotopic (exact) mass is 244 g/mol. The van der Waals surface area contributed by atoms with Crippen molar-refractivity contribution in [3.63, 3.8) is 0 Å². The van der Waals surface area contributed by atoms with Crippen LogP contribution in [-0.2, 0) is 4.79 Å². The van der Waals surface area contributed by atoms with Crippen LogP contribution in [0.2, 0.25) is 0 Å². The number of benzene rings is 1. The van der Waals surface area contributed by atoms with Crippen molar-refractivity contribution in [3.8, 4) is 0 Å². The molecular weight excluding hydrogens is 228 g/mol. The van der Waals surface area contributed by atoms with E-state index in [0.717, 1.165) is 16.7 Å². The van der Waals surface area contributed by atoms with Gasteiger partial charge >= 0.3 is 0 Å². The van der Waals surface area contributed by atoms with Gasteiger partial charge in [-0.1, -0.05) is 18.7 Å². The smallest absolute Gasteiger partial charge is 0.299 e. The van der Waals surface area contributed by atoms with Crippen molar-refractivity contribution in [3.05, 3.63) is 41.0 Å². The molecule has 0 atom stereocenters. The molecule has 0 bridgehead atoms. The summed E-state index contributed by atoms with van der Waals surface area (Å²) in [5.74, 6) is -0.923. The molecule has 1 heterocycles. The van der Waals surface area contributed by atoms with E-state index in [1.54, 1.807) is 0 Å². The lowest BCUT2D eigenvalue weighted by Crippen LogP contribution is -2.33. The van der Waals surface area contributed by atoms with Crippen molar-refractivity contribution < 1.29 is 9.59 Å². The number of ketones is 1. The van der Waals surface area contributed by atoms with Crippen molar-refractivity contribution >= 4 is 17.4 Å². The first-order chi connectivity index (χ1) is 8.47. The third-order valence-electron chi connectivity index (χ3n) is 3.19. The van der Waals surface area contributed by atoms with Crippen LogP contribution in [0.5, 0.6) is 0 Å². The van der Waals surface area contributed by atoms with Crippen molar-refractivity contribution in [2.75, 3.05) is 18.0 Å². The molecule has 0 unspecified atom stereocenters. The third-order valence-corrected chi connectivity index (χ3v) is 3.19. The molecule has 1 aliphatic rings. The van der Waals surface area contributed by atoms with Gasteiger partial charge in [0.2, 0.25) is 0 Å². The summed E-state index contributed by atoms with van der Waals surface area (Å²) in [6.07, 6.45) is 0. The highest BCUT2D eigenvalue weighted by Gasteiger charge is 2.37. The number of nitrogens with two attached hydrogens (primary N) is 1. The predicted molar refractivity (Wildman–Crippen MR) is 70.8 cm³/mol. The van der Waals surface area contributed by atoms with Gasteiger partial charge in [-0.15, -0.1) is 0 Å². The lowest BCUT2D eigenvalue weighted by molar-refractivity contribution is -0.114. The Kier molecular flexibility index (Phi) is 3.05. The number of fused-ring (bicyclic) bond motifs is 1. The molecule has 0 saturated heterocycles. The summed E-state index contributed by atoms with van der Waals surface area (Å²) in [5, 5.41) is 0. The zero-order chi connectivity index (χ0) is 13.4. The van der Waals surface area contributed by atoms with E-state index in [0.29, 0.717) is 24.3 Å². The Labute approximate surface area is 106 Å². The topological polar surface area (TPSA) is 63.4 Å². The highest BCUT2D eigenvalue weighted by molar-refractivity contribution is 6.52. The van der Waals surface area contributed by atoms with Gasteiger partial charge < -0.3 is 10.6 Å². The Balaban J connectivity index is 2.55. The second kappa shape index (κ2) is 4.38. The van der Waals surface area contributed by atoms with Crippen LogP contribution >= 0.6 is 0 Å². The van der Waals surface area contributed by atoms with E-state index in [1.807, 2.05) is 26.0 Å². The second-order valence-corrected chi connectivity index (χ2v) is 4.60. The lowest BCUT2D eigenvalue weighted by Gasteiger charge is -2.19. The van der Waals surface area contributed by atoms with E-state index in [4.69, 9.17) is 5.73 Å². The summed E-state index contributed by atoms with van der Waals surface area (Å²) < 4.78 is 0. The number of rotatable bonds is 3. The van der Waals surface area contributed by atoms with Gasteiger partial charge in [0.25, 0.3) is 11.7 Å². The van der Waals surface area contributed by atoms with Gasteiger partial charge in [0, 0.05) is 13.1 Å². The molecule has 94 valence electrons. The van der Waals surface area contributed by atoms with Crippen LogP contribution in [0.1, 0.15) is 21.5 Å². The molecule has 1 amide bonds. The predicted octanol–water partition coefficient (Wildman–Crippen LogP) is 1.35. The number of nitrogens with zero attached hydrogens (tertiary/aromatic N) is 1. The minimum Gasteiger partial charge on any atom is -0.327 e. The lowest BCUT2D eigenvalue weighted by atomic mass is 10.0. The van der Waals surface area contributed by atoms with Gasteiger partial charge in [0.05, 0.1) is 11.3 Å². The molecule has 2 rings (SSSR count). The number of amides is 1. The van der Waals surface area contributed by atoms with Crippen LogP contribution < -0.4 is 10.6 Å². The molecule has 0 spiro atoms. The minimum absolute atomic E-state index is 0.304. The maximum Gasteiger partial charge on any atom is 0.299 e. The second-order valence-electron chi connectivity index (χ2n) is 4.60. The van der Waals surface area contributed by atoms with Crippen LogP contribution in [0.15, 0.2) is 24.3 Å². The van der Waals surface area contributed by atoms with E-state index >= 15 is 0 Å². The fourth-order valence-corrected chi connectivity index (χ4v) is 2.20. The maximum atomic E-state index is 12.0. The number of hydrogen-bond acceptors (Lipinski definition) is 3. The highest BCUT2D eigenvalue weighted by atomic mass is 16.2. The Bertz CT molecular complexity index is 561. The summed E-state index contributed by atoms with van der Waals surface area (Å²) >= 11 is 0. The normalized spacial score (nSPS) is 14.1. The Hall–Kier alpha value is -1.94. The molecule has 1 aliphatic heterocycles. The van der Waals surface area contributed by atoms with Gasteiger partial charge in [-0.05, 0) is 30.5 Å². The van der Waals surface area contributed by atoms with Gasteiger partial charge in [0.15, 0.2) is 0 Å². The quantitative estimate of drug-likeness (QED) is 0.644. The number of carbonyl (C=O) groups excluding carboxylic acids is 2. The number of aryl methyl sites for hydroxylation is 2. The van der Waals surface area contributed by atoms with E-state index in [-0.39, 0.29) is 0 Å². The first-order valence-electron chi connectivity index (χ1n) is 5.80. The molecule has 4 nitrogen and oxygen atoms in total. The first kappa shape index (κ1) is 12.5. The standard InChI is InChI=1S/C14H16N2O2/c1-8(6-15)7-16-12-10(3)5-4-9(2)11(12)13(17)14(16)18/h4-5H,1,6-7,15H2,2-3H3. The Morgan fingerprint density at radius 3 is 2.50 bits per heavy atom. The van der Waals surface area contributed by atoms with Gasteiger partial charge in [-0.2, -0.15) is 0 Å². The zero-order valence-corrected chi connectivity index (χ0v) is 10.6. The molecule has 0 saturated carbocycles. The zero-order valence-electron chi connectivity index (χ0n) is 10.6. The molecule has 0 radical (unpaired) electrons. The number of carbonyl (C=O) groups is 2. The van der Waals surface area contributed by atoms with E-state index in [9.17, 15) is 9.59 Å². The molecule has 0 aromatic heterocycles. The molecule has 0 aliphatic carbocycles. The van der Waals surface area contributed by atoms with E-state index in [1.165, 1.54) is 4.90 Å². The summed E-state index contributed by atoms with van der Waals surface area (Å²) in [7, 11) is 0. The molecule has 1 aromatic carbocycles. The van der Waals surface area contributed by atoms with Crippen molar-refractivity contribution in [2.24, 2.45) is 5.73 Å². The minimum atomic E-state index is -0.489. The van der Waals surface area contributed by atoms with E-state index in [2.05, 4.69) is 6.58 Å². The van der Waals surface area contributed by atoms with Crippen molar-refractivity contribution in [1.82, 2.24) is 0 Å². The third kappa shape index (κ3) is 1.75. The maximum absolute atomic E-state index is 12.0. The van der Waals surface area contributed by atoms with Gasteiger partial charge in [-0.3, -0.25) is 9.59 Å². The largest absolute Gasteiger partial charge is 0.327 e. The van der Waals surface area contributed by atoms with E-state index < -0.39 is 11.7 Å². The molecule has 18 heavy (non-hydrogen) atoms. The molecule has 2 N–H and O–H groups in total. The van der Waals surface area contributed by atoms with Crippen LogP contribution in [0.3, 0.4) is 0 Å². The van der Waals surface area contributed by atoms with Gasteiger partial charge in [-0.25, -0.2) is 0 Å². The SMILES string of the molecule is C=C(CN)CN1C(=O)C(=O)c2c(C)ccc(C)c21. The van der Waals surface area contributed by atoms with Crippen molar-refractivity contribution in [2.45, 2.75) is 13.8 Å². The van der Waals surface area contributed by atoms with Crippen LogP contribution in [0.25, 0.3) is 0 Å². The summed E-state index contributed by atoms with van der Waals surface area (Å²) in [4.78, 5) is 25.5. The van der Waals surface area contributed by atoms with Gasteiger partial charge in [0.1, 0.15) is 0 Å². The molecule has 0 fully saturated rings. The Morgan fingerprint density at radius 2 is 1.89 bits per heavy atom. The molecule has 1 aromatic rings. The fourth-order valence-electron chi connectivity index (χ4n) is 2.20. The number of anilines is 1. The number of Topliss-reactive ketones (excluding diaryl/α,β-unsaturated/α-hetero) is 1. The summed E-state index contributed by atoms with van der Waals surface area (Å²) in [6, 6.07) is 3.78. The summed E-state index contributed by atoms with van der Waals surface area (Å²) in [6.45, 7) is 8.13.